The summed E-state index contributed by atoms with van der Waals surface area (Å²) in [6, 6.07) is 1.94. The molecule has 2 rings (SSSR count). The molecule has 0 atom stereocenters. The van der Waals surface area contributed by atoms with Crippen molar-refractivity contribution in [2.24, 2.45) is 0 Å². The van der Waals surface area contributed by atoms with E-state index < -0.39 is 0 Å². The predicted molar refractivity (Wildman–Crippen MR) is 72.5 cm³/mol. The van der Waals surface area contributed by atoms with Crippen molar-refractivity contribution in [1.29, 1.82) is 0 Å². The van der Waals surface area contributed by atoms with Crippen LogP contribution >= 0.6 is 0 Å². The topological polar surface area (TPSA) is 47.7 Å². The minimum atomic E-state index is 0.732. The Morgan fingerprint density at radius 2 is 2.33 bits per heavy atom. The minimum absolute atomic E-state index is 0.732. The van der Waals surface area contributed by atoms with E-state index in [4.69, 9.17) is 0 Å². The lowest BCUT2D eigenvalue weighted by atomic mass is 10.4. The Balaban J connectivity index is 1.89. The zero-order chi connectivity index (χ0) is 12.8. The van der Waals surface area contributed by atoms with Crippen LogP contribution in [0.3, 0.4) is 0 Å². The second kappa shape index (κ2) is 6.05. The zero-order valence-corrected chi connectivity index (χ0v) is 10.7. The number of aryl methyl sites for hydroxylation is 3. The molecular weight excluding hydrogens is 226 g/mol. The van der Waals surface area contributed by atoms with E-state index in [-0.39, 0.29) is 0 Å². The third kappa shape index (κ3) is 3.23. The molecule has 0 bridgehead atoms. The minimum Gasteiger partial charge on any atom is -0.352 e. The molecule has 0 fully saturated rings. The van der Waals surface area contributed by atoms with Gasteiger partial charge in [0.05, 0.1) is 5.69 Å². The highest BCUT2D eigenvalue weighted by atomic mass is 15.3. The van der Waals surface area contributed by atoms with Gasteiger partial charge in [-0.25, -0.2) is 4.98 Å². The molecule has 0 amide bonds. The summed E-state index contributed by atoms with van der Waals surface area (Å²) in [6.07, 6.45) is 8.71. The fraction of sp³-hybridized carbons (Fsp3) is 0.385. The fourth-order valence-electron chi connectivity index (χ4n) is 1.86. The van der Waals surface area contributed by atoms with E-state index in [1.165, 1.54) is 0 Å². The lowest BCUT2D eigenvalue weighted by Gasteiger charge is -2.08. The lowest BCUT2D eigenvalue weighted by Crippen LogP contribution is -2.09. The van der Waals surface area contributed by atoms with E-state index in [0.29, 0.717) is 0 Å². The smallest absolute Gasteiger partial charge is 0.203 e. The third-order valence-electron chi connectivity index (χ3n) is 2.65. The van der Waals surface area contributed by atoms with Crippen LogP contribution in [0.25, 0.3) is 0 Å². The quantitative estimate of drug-likeness (QED) is 0.760. The van der Waals surface area contributed by atoms with Gasteiger partial charge >= 0.3 is 0 Å². The molecule has 18 heavy (non-hydrogen) atoms. The molecule has 0 aliphatic carbocycles. The molecule has 0 saturated heterocycles. The fourth-order valence-corrected chi connectivity index (χ4v) is 1.86. The summed E-state index contributed by atoms with van der Waals surface area (Å²) in [5.74, 6) is 0.910. The molecule has 0 spiro atoms. The van der Waals surface area contributed by atoms with Crippen molar-refractivity contribution in [2.75, 3.05) is 11.9 Å². The van der Waals surface area contributed by atoms with Gasteiger partial charge in [0.15, 0.2) is 0 Å². The van der Waals surface area contributed by atoms with Crippen LogP contribution in [0, 0.1) is 6.92 Å². The first kappa shape index (κ1) is 12.4. The molecule has 2 heterocycles. The summed E-state index contributed by atoms with van der Waals surface area (Å²) in [7, 11) is 0. The van der Waals surface area contributed by atoms with E-state index in [2.05, 4.69) is 32.7 Å². The Morgan fingerprint density at radius 3 is 3.06 bits per heavy atom. The van der Waals surface area contributed by atoms with Gasteiger partial charge in [-0.15, -0.1) is 6.58 Å². The molecule has 1 N–H and O–H groups in total. The Hall–Kier alpha value is -2.04. The SMILES string of the molecule is C=CCNc1nc(C)cn1CCCn1cccn1. The second-order valence-electron chi connectivity index (χ2n) is 4.19. The highest BCUT2D eigenvalue weighted by Crippen LogP contribution is 2.09. The number of imidazole rings is 1. The van der Waals surface area contributed by atoms with Crippen molar-refractivity contribution in [2.45, 2.75) is 26.4 Å². The summed E-state index contributed by atoms with van der Waals surface area (Å²) in [4.78, 5) is 4.45. The average molecular weight is 245 g/mol. The van der Waals surface area contributed by atoms with Crippen LogP contribution in [0.1, 0.15) is 12.1 Å². The summed E-state index contributed by atoms with van der Waals surface area (Å²) in [5, 5.41) is 7.43. The molecule has 96 valence electrons. The van der Waals surface area contributed by atoms with Gasteiger partial charge in [0.25, 0.3) is 0 Å². The molecule has 0 saturated carbocycles. The molecule has 0 aliphatic rings. The van der Waals surface area contributed by atoms with Crippen molar-refractivity contribution >= 4 is 5.95 Å². The van der Waals surface area contributed by atoms with Crippen LogP contribution in [-0.4, -0.2) is 25.9 Å². The highest BCUT2D eigenvalue weighted by Gasteiger charge is 2.04. The van der Waals surface area contributed by atoms with Crippen LogP contribution in [0.15, 0.2) is 37.3 Å². The molecule has 0 radical (unpaired) electrons. The van der Waals surface area contributed by atoms with Crippen molar-refractivity contribution in [3.8, 4) is 0 Å². The Bertz CT molecular complexity index is 483. The molecule has 0 aromatic carbocycles. The lowest BCUT2D eigenvalue weighted by molar-refractivity contribution is 0.529. The predicted octanol–water partition coefficient (Wildman–Crippen LogP) is 2.08. The maximum atomic E-state index is 4.45. The van der Waals surface area contributed by atoms with Gasteiger partial charge in [-0.1, -0.05) is 6.08 Å². The zero-order valence-electron chi connectivity index (χ0n) is 10.7. The summed E-state index contributed by atoms with van der Waals surface area (Å²) in [6.45, 7) is 8.28. The maximum absolute atomic E-state index is 4.45. The number of nitrogens with zero attached hydrogens (tertiary/aromatic N) is 4. The van der Waals surface area contributed by atoms with Crippen LogP contribution in [0.2, 0.25) is 0 Å². The van der Waals surface area contributed by atoms with Gasteiger partial charge in [0, 0.05) is 38.2 Å². The van der Waals surface area contributed by atoms with Crippen molar-refractivity contribution in [3.63, 3.8) is 0 Å². The number of hydrogen-bond acceptors (Lipinski definition) is 3. The maximum Gasteiger partial charge on any atom is 0.203 e. The van der Waals surface area contributed by atoms with Crippen molar-refractivity contribution in [3.05, 3.63) is 43.0 Å². The normalized spacial score (nSPS) is 10.5. The highest BCUT2D eigenvalue weighted by molar-refractivity contribution is 5.29. The van der Waals surface area contributed by atoms with Crippen LogP contribution in [0.5, 0.6) is 0 Å². The molecular formula is C13H19N5. The summed E-state index contributed by atoms with van der Waals surface area (Å²) >= 11 is 0. The van der Waals surface area contributed by atoms with Crippen molar-refractivity contribution < 1.29 is 0 Å². The molecule has 5 heteroatoms. The van der Waals surface area contributed by atoms with Gasteiger partial charge in [-0.3, -0.25) is 4.68 Å². The molecule has 2 aromatic rings. The first-order chi connectivity index (χ1) is 8.79. The number of hydrogen-bond donors (Lipinski definition) is 1. The Morgan fingerprint density at radius 1 is 1.44 bits per heavy atom. The van der Waals surface area contributed by atoms with Crippen LogP contribution in [0.4, 0.5) is 5.95 Å². The van der Waals surface area contributed by atoms with Gasteiger partial charge in [-0.05, 0) is 19.4 Å². The number of anilines is 1. The van der Waals surface area contributed by atoms with E-state index in [0.717, 1.165) is 37.7 Å². The molecule has 0 unspecified atom stereocenters. The number of nitrogens with one attached hydrogen (secondary N) is 1. The van der Waals surface area contributed by atoms with Crippen LogP contribution < -0.4 is 5.32 Å². The Kier molecular flexibility index (Phi) is 4.17. The first-order valence-corrected chi connectivity index (χ1v) is 6.15. The number of rotatable bonds is 7. The average Bonchev–Trinajstić information content (AvgIpc) is 2.97. The van der Waals surface area contributed by atoms with Gasteiger partial charge in [-0.2, -0.15) is 5.10 Å². The molecule has 5 nitrogen and oxygen atoms in total. The summed E-state index contributed by atoms with van der Waals surface area (Å²) in [5.41, 5.74) is 1.03. The monoisotopic (exact) mass is 245 g/mol. The first-order valence-electron chi connectivity index (χ1n) is 6.15. The van der Waals surface area contributed by atoms with Gasteiger partial charge < -0.3 is 9.88 Å². The van der Waals surface area contributed by atoms with Gasteiger partial charge in [0.1, 0.15) is 0 Å². The van der Waals surface area contributed by atoms with E-state index in [9.17, 15) is 0 Å². The van der Waals surface area contributed by atoms with E-state index in [1.807, 2.05) is 29.9 Å². The van der Waals surface area contributed by atoms with Crippen LogP contribution in [-0.2, 0) is 13.1 Å². The largest absolute Gasteiger partial charge is 0.352 e. The third-order valence-corrected chi connectivity index (χ3v) is 2.65. The Labute approximate surface area is 107 Å². The molecule has 2 aromatic heterocycles. The molecule has 0 aliphatic heterocycles. The summed E-state index contributed by atoms with van der Waals surface area (Å²) < 4.78 is 4.09. The second-order valence-corrected chi connectivity index (χ2v) is 4.19. The van der Waals surface area contributed by atoms with E-state index >= 15 is 0 Å². The van der Waals surface area contributed by atoms with Gasteiger partial charge in [0.2, 0.25) is 5.95 Å². The van der Waals surface area contributed by atoms with Crippen molar-refractivity contribution in [1.82, 2.24) is 19.3 Å². The standard InChI is InChI=1S/C13H19N5/c1-3-6-14-13-16-12(2)11-17(13)8-5-10-18-9-4-7-15-18/h3-4,7,9,11H,1,5-6,8,10H2,2H3,(H,14,16). The number of aromatic nitrogens is 4. The van der Waals surface area contributed by atoms with E-state index in [1.54, 1.807) is 6.20 Å².